The lowest BCUT2D eigenvalue weighted by Gasteiger charge is -2.67. The highest BCUT2D eigenvalue weighted by Crippen LogP contribution is 2.84. The molecule has 0 aromatic carbocycles. The summed E-state index contributed by atoms with van der Waals surface area (Å²) < 4.78 is 0. The van der Waals surface area contributed by atoms with E-state index in [1.165, 1.54) is 9.80 Å². The molecule has 3 rings (SSSR count). The van der Waals surface area contributed by atoms with Gasteiger partial charge in [-0.05, 0) is 63.5 Å². The minimum absolute atomic E-state index is 0.295. The molecular weight excluding hydrogens is 597 g/mol. The van der Waals surface area contributed by atoms with E-state index in [9.17, 15) is 19.2 Å². The highest BCUT2D eigenvalue weighted by atomic mass is 32.2. The molecule has 0 spiro atoms. The van der Waals surface area contributed by atoms with Crippen LogP contribution in [0, 0.1) is 21.7 Å². The van der Waals surface area contributed by atoms with E-state index in [2.05, 4.69) is 25.3 Å². The third-order valence-corrected chi connectivity index (χ3v) is 14.9. The predicted octanol–water partition coefficient (Wildman–Crippen LogP) is 4.34. The van der Waals surface area contributed by atoms with Crippen LogP contribution in [0.3, 0.4) is 0 Å². The third-order valence-electron chi connectivity index (χ3n) is 9.25. The third kappa shape index (κ3) is 4.90. The summed E-state index contributed by atoms with van der Waals surface area (Å²) in [6, 6.07) is 0. The maximum Gasteiger partial charge on any atom is 0.237 e. The van der Waals surface area contributed by atoms with Crippen LogP contribution in [0.2, 0.25) is 0 Å². The Morgan fingerprint density at radius 3 is 1.03 bits per heavy atom. The van der Waals surface area contributed by atoms with Gasteiger partial charge in [0.1, 0.15) is 0 Å². The van der Waals surface area contributed by atoms with Crippen LogP contribution >= 0.6 is 72.3 Å². The van der Waals surface area contributed by atoms with Crippen LogP contribution in [0.15, 0.2) is 0 Å². The zero-order valence-corrected chi connectivity index (χ0v) is 28.0. The Balaban J connectivity index is 1.62. The van der Waals surface area contributed by atoms with Crippen molar-refractivity contribution >= 4 is 95.9 Å². The Morgan fingerprint density at radius 2 is 0.763 bits per heavy atom. The topological polar surface area (TPSA) is 74.8 Å². The molecular formula is C26H42N2O4S6. The van der Waals surface area contributed by atoms with Gasteiger partial charge in [-0.15, -0.1) is 0 Å². The van der Waals surface area contributed by atoms with Crippen molar-refractivity contribution in [1.82, 2.24) is 9.80 Å². The minimum atomic E-state index is -1.22. The predicted molar refractivity (Wildman–Crippen MR) is 172 cm³/mol. The molecule has 2 saturated heterocycles. The van der Waals surface area contributed by atoms with Gasteiger partial charge in [0.2, 0.25) is 23.6 Å². The van der Waals surface area contributed by atoms with Gasteiger partial charge in [0.25, 0.3) is 0 Å². The number of imide groups is 2. The van der Waals surface area contributed by atoms with E-state index in [4.69, 9.17) is 0 Å². The summed E-state index contributed by atoms with van der Waals surface area (Å²) in [5, 5.41) is 0. The van der Waals surface area contributed by atoms with Gasteiger partial charge in [-0.25, -0.2) is 0 Å². The Morgan fingerprint density at radius 1 is 0.500 bits per heavy atom. The second-order valence-corrected chi connectivity index (χ2v) is 16.4. The molecule has 216 valence electrons. The van der Waals surface area contributed by atoms with Crippen LogP contribution in [0.5, 0.6) is 0 Å². The second-order valence-electron chi connectivity index (χ2n) is 10.6. The number of likely N-dealkylation sites (tertiary alicyclic amines) is 2. The number of thioether (sulfide) groups is 4. The van der Waals surface area contributed by atoms with Crippen molar-refractivity contribution in [2.75, 3.05) is 70.6 Å². The van der Waals surface area contributed by atoms with Crippen LogP contribution in [-0.2, 0) is 19.2 Å². The summed E-state index contributed by atoms with van der Waals surface area (Å²) >= 11 is 15.8. The maximum absolute atomic E-state index is 13.8. The number of carbonyl (C=O) groups is 4. The highest BCUT2D eigenvalue weighted by Gasteiger charge is 2.96. The van der Waals surface area contributed by atoms with Crippen molar-refractivity contribution in [1.29, 1.82) is 0 Å². The number of hydrogen-bond acceptors (Lipinski definition) is 10. The van der Waals surface area contributed by atoms with Gasteiger partial charge in [0.15, 0.2) is 0 Å². The number of rotatable bonds is 18. The van der Waals surface area contributed by atoms with Crippen molar-refractivity contribution in [3.8, 4) is 0 Å². The largest absolute Gasteiger partial charge is 0.282 e. The standard InChI is InChI=1S/C26H42N2O4S6/c1-23-19(29)27(7-5-11-35-15-17-37-13-9-33)20(30)24(23,2)26(4)22(32)28(21(31)25(23,26)3)8-6-12-36-16-18-38-14-10-34/h33-34H,5-18H2,1-4H3. The number of carbonyl (C=O) groups excluding carboxylic acids is 4. The quantitative estimate of drug-likeness (QED) is 0.131. The lowest BCUT2D eigenvalue weighted by atomic mass is 9.27. The summed E-state index contributed by atoms with van der Waals surface area (Å²) in [6.45, 7) is 7.65. The molecule has 0 atom stereocenters. The van der Waals surface area contributed by atoms with Crippen LogP contribution in [-0.4, -0.2) is 104 Å². The molecule has 2 aliphatic heterocycles. The monoisotopic (exact) mass is 638 g/mol. The fourth-order valence-electron chi connectivity index (χ4n) is 6.74. The fourth-order valence-corrected chi connectivity index (χ4v) is 11.1. The molecule has 2 heterocycles. The zero-order chi connectivity index (χ0) is 28.2. The van der Waals surface area contributed by atoms with Crippen LogP contribution in [0.4, 0.5) is 0 Å². The lowest BCUT2D eigenvalue weighted by Crippen LogP contribution is -2.77. The smallest absolute Gasteiger partial charge is 0.237 e. The van der Waals surface area contributed by atoms with Gasteiger partial charge in [-0.1, -0.05) is 0 Å². The minimum Gasteiger partial charge on any atom is -0.282 e. The summed E-state index contributed by atoms with van der Waals surface area (Å²) in [7, 11) is 0. The first-order chi connectivity index (χ1) is 18.0. The van der Waals surface area contributed by atoms with Gasteiger partial charge in [-0.2, -0.15) is 72.3 Å². The molecule has 0 unspecified atom stereocenters. The molecule has 3 fully saturated rings. The molecule has 1 saturated carbocycles. The van der Waals surface area contributed by atoms with E-state index in [1.807, 2.05) is 47.0 Å². The molecule has 38 heavy (non-hydrogen) atoms. The van der Waals surface area contributed by atoms with Crippen molar-refractivity contribution in [3.05, 3.63) is 0 Å². The van der Waals surface area contributed by atoms with E-state index in [0.29, 0.717) is 25.9 Å². The number of fused-ring (bicyclic) bond motifs is 4. The molecule has 6 nitrogen and oxygen atoms in total. The number of hydrogen-bond donors (Lipinski definition) is 2. The molecule has 0 radical (unpaired) electrons. The van der Waals surface area contributed by atoms with Crippen molar-refractivity contribution < 1.29 is 19.2 Å². The number of nitrogens with zero attached hydrogens (tertiary/aromatic N) is 2. The van der Waals surface area contributed by atoms with E-state index in [-0.39, 0.29) is 23.6 Å². The van der Waals surface area contributed by atoms with Gasteiger partial charge < -0.3 is 0 Å². The van der Waals surface area contributed by atoms with Crippen molar-refractivity contribution in [2.24, 2.45) is 21.7 Å². The lowest BCUT2D eigenvalue weighted by molar-refractivity contribution is -0.243. The summed E-state index contributed by atoms with van der Waals surface area (Å²) in [5.74, 6) is 8.56. The average Bonchev–Trinajstić information content (AvgIpc) is 3.13. The summed E-state index contributed by atoms with van der Waals surface area (Å²) in [6.07, 6.45) is 1.41. The van der Waals surface area contributed by atoms with E-state index in [1.54, 1.807) is 27.7 Å². The summed E-state index contributed by atoms with van der Waals surface area (Å²) in [4.78, 5) is 57.9. The SMILES string of the molecule is CC12C(=O)N(CCCSCCSCCS)C(=O)C1(C)C1(C)C(=O)N(CCCSCCSCCS)C(=O)C21C. The van der Waals surface area contributed by atoms with Gasteiger partial charge in [0, 0.05) is 47.6 Å². The molecule has 0 aromatic heterocycles. The highest BCUT2D eigenvalue weighted by molar-refractivity contribution is 8.03. The second kappa shape index (κ2) is 13.6. The molecule has 1 aliphatic carbocycles. The Hall–Kier alpha value is 0.380. The Kier molecular flexibility index (Phi) is 11.7. The molecule has 4 amide bonds. The normalized spacial score (nSPS) is 32.3. The van der Waals surface area contributed by atoms with Gasteiger partial charge >= 0.3 is 0 Å². The molecule has 12 heteroatoms. The van der Waals surface area contributed by atoms with E-state index in [0.717, 1.165) is 57.5 Å². The van der Waals surface area contributed by atoms with Crippen LogP contribution < -0.4 is 0 Å². The first-order valence-electron chi connectivity index (χ1n) is 13.3. The Bertz CT molecular complexity index is 784. The van der Waals surface area contributed by atoms with Gasteiger partial charge in [-0.3, -0.25) is 29.0 Å². The zero-order valence-electron chi connectivity index (χ0n) is 23.0. The molecule has 0 aromatic rings. The van der Waals surface area contributed by atoms with Crippen molar-refractivity contribution in [3.63, 3.8) is 0 Å². The van der Waals surface area contributed by atoms with E-state index >= 15 is 0 Å². The van der Waals surface area contributed by atoms with Crippen LogP contribution in [0.25, 0.3) is 0 Å². The summed E-state index contributed by atoms with van der Waals surface area (Å²) in [5.41, 5.74) is -4.88. The maximum atomic E-state index is 13.8. The van der Waals surface area contributed by atoms with Gasteiger partial charge in [0.05, 0.1) is 21.7 Å². The van der Waals surface area contributed by atoms with Crippen molar-refractivity contribution in [2.45, 2.75) is 40.5 Å². The Labute approximate surface area is 256 Å². The number of thiol groups is 2. The molecule has 3 aliphatic rings. The van der Waals surface area contributed by atoms with E-state index < -0.39 is 21.7 Å². The molecule has 0 bridgehead atoms. The average molecular weight is 639 g/mol. The molecule has 0 N–H and O–H groups in total. The number of amides is 4. The fraction of sp³-hybridized carbons (Fsp3) is 0.846. The first kappa shape index (κ1) is 32.9. The first-order valence-corrected chi connectivity index (χ1v) is 19.2. The van der Waals surface area contributed by atoms with Crippen LogP contribution in [0.1, 0.15) is 40.5 Å².